The Morgan fingerprint density at radius 3 is 1.78 bits per heavy atom. The predicted octanol–water partition coefficient (Wildman–Crippen LogP) is 5.05. The monoisotopic (exact) mass is 316 g/mol. The van der Waals surface area contributed by atoms with Crippen LogP contribution in [0.5, 0.6) is 5.75 Å². The van der Waals surface area contributed by atoms with Crippen molar-refractivity contribution in [2.75, 3.05) is 0 Å². The number of aliphatic carboxylic acids is 1. The third-order valence-corrected chi connectivity index (χ3v) is 5.79. The number of carbonyl (C=O) groups is 1. The molecule has 2 aliphatic rings. The first-order chi connectivity index (χ1) is 11.2. The average Bonchev–Trinajstić information content (AvgIpc) is 2.62. The number of rotatable bonds is 5. The standard InChI is InChI=1S/C20H28O3/c21-19(22)20(16-10-4-1-5-11-16,17-12-6-2-7-13-17)23-18-14-8-3-9-15-18/h3,8-9,14-17H,1-2,4-7,10-13H2,(H,21,22). The lowest BCUT2D eigenvalue weighted by Gasteiger charge is -2.45. The first kappa shape index (κ1) is 16.4. The normalized spacial score (nSPS) is 21.0. The van der Waals surface area contributed by atoms with Crippen molar-refractivity contribution < 1.29 is 14.6 Å². The van der Waals surface area contributed by atoms with Gasteiger partial charge < -0.3 is 9.84 Å². The topological polar surface area (TPSA) is 46.5 Å². The van der Waals surface area contributed by atoms with E-state index in [1.807, 2.05) is 30.3 Å². The molecule has 3 rings (SSSR count). The van der Waals surface area contributed by atoms with Crippen molar-refractivity contribution in [3.63, 3.8) is 0 Å². The molecule has 0 spiro atoms. The van der Waals surface area contributed by atoms with Crippen LogP contribution in [0.4, 0.5) is 0 Å². The van der Waals surface area contributed by atoms with Crippen molar-refractivity contribution in [2.24, 2.45) is 11.8 Å². The lowest BCUT2D eigenvalue weighted by atomic mass is 9.66. The zero-order chi connectivity index (χ0) is 16.1. The molecule has 0 radical (unpaired) electrons. The quantitative estimate of drug-likeness (QED) is 0.827. The molecular formula is C20H28O3. The van der Waals surface area contributed by atoms with Gasteiger partial charge in [0.05, 0.1) is 0 Å². The molecule has 1 N–H and O–H groups in total. The molecule has 0 heterocycles. The van der Waals surface area contributed by atoms with Gasteiger partial charge in [-0.15, -0.1) is 0 Å². The molecule has 1 aromatic carbocycles. The van der Waals surface area contributed by atoms with Crippen LogP contribution in [0.2, 0.25) is 0 Å². The highest BCUT2D eigenvalue weighted by atomic mass is 16.5. The highest BCUT2D eigenvalue weighted by Crippen LogP contribution is 2.45. The lowest BCUT2D eigenvalue weighted by Crippen LogP contribution is -2.57. The molecule has 0 unspecified atom stereocenters. The molecule has 23 heavy (non-hydrogen) atoms. The summed E-state index contributed by atoms with van der Waals surface area (Å²) >= 11 is 0. The molecule has 3 heteroatoms. The van der Waals surface area contributed by atoms with Gasteiger partial charge in [-0.1, -0.05) is 56.7 Å². The summed E-state index contributed by atoms with van der Waals surface area (Å²) in [4.78, 5) is 12.5. The van der Waals surface area contributed by atoms with Crippen LogP contribution in [-0.2, 0) is 4.79 Å². The van der Waals surface area contributed by atoms with Gasteiger partial charge >= 0.3 is 5.97 Å². The van der Waals surface area contributed by atoms with Crippen molar-refractivity contribution in [1.82, 2.24) is 0 Å². The van der Waals surface area contributed by atoms with Crippen LogP contribution in [0.1, 0.15) is 64.2 Å². The maximum absolute atomic E-state index is 12.5. The maximum Gasteiger partial charge on any atom is 0.348 e. The fourth-order valence-electron chi connectivity index (χ4n) is 4.64. The minimum absolute atomic E-state index is 0.136. The van der Waals surface area contributed by atoms with Crippen LogP contribution < -0.4 is 4.74 Å². The number of hydrogen-bond donors (Lipinski definition) is 1. The van der Waals surface area contributed by atoms with Crippen LogP contribution in [0.25, 0.3) is 0 Å². The minimum Gasteiger partial charge on any atom is -0.478 e. The number of hydrogen-bond acceptors (Lipinski definition) is 2. The van der Waals surface area contributed by atoms with Crippen molar-refractivity contribution in [3.05, 3.63) is 30.3 Å². The second kappa shape index (κ2) is 7.37. The molecule has 2 fully saturated rings. The van der Waals surface area contributed by atoms with Crippen LogP contribution in [0, 0.1) is 11.8 Å². The highest BCUT2D eigenvalue weighted by molar-refractivity contribution is 5.79. The van der Waals surface area contributed by atoms with Gasteiger partial charge in [-0.2, -0.15) is 0 Å². The van der Waals surface area contributed by atoms with Crippen molar-refractivity contribution in [3.8, 4) is 5.75 Å². The second-order valence-corrected chi connectivity index (χ2v) is 7.18. The van der Waals surface area contributed by atoms with E-state index in [0.717, 1.165) is 51.4 Å². The fourth-order valence-corrected chi connectivity index (χ4v) is 4.64. The zero-order valence-electron chi connectivity index (χ0n) is 13.9. The van der Waals surface area contributed by atoms with E-state index in [4.69, 9.17) is 4.74 Å². The Hall–Kier alpha value is -1.51. The number of ether oxygens (including phenoxy) is 1. The van der Waals surface area contributed by atoms with Crippen molar-refractivity contribution in [2.45, 2.75) is 69.8 Å². The summed E-state index contributed by atoms with van der Waals surface area (Å²) in [5, 5.41) is 10.3. The van der Waals surface area contributed by atoms with E-state index in [1.165, 1.54) is 12.8 Å². The lowest BCUT2D eigenvalue weighted by molar-refractivity contribution is -0.172. The summed E-state index contributed by atoms with van der Waals surface area (Å²) in [7, 11) is 0. The number of para-hydroxylation sites is 1. The smallest absolute Gasteiger partial charge is 0.348 e. The predicted molar refractivity (Wildman–Crippen MR) is 90.6 cm³/mol. The molecule has 0 bridgehead atoms. The van der Waals surface area contributed by atoms with E-state index in [1.54, 1.807) is 0 Å². The molecule has 0 aromatic heterocycles. The van der Waals surface area contributed by atoms with E-state index in [2.05, 4.69) is 0 Å². The Morgan fingerprint density at radius 1 is 0.870 bits per heavy atom. The molecule has 0 saturated heterocycles. The minimum atomic E-state index is -1.04. The van der Waals surface area contributed by atoms with E-state index in [9.17, 15) is 9.90 Å². The summed E-state index contributed by atoms with van der Waals surface area (Å²) in [6.07, 6.45) is 10.9. The Kier molecular flexibility index (Phi) is 5.24. The molecular weight excluding hydrogens is 288 g/mol. The summed E-state index contributed by atoms with van der Waals surface area (Å²) in [5.74, 6) is 0.223. The van der Waals surface area contributed by atoms with Crippen LogP contribution in [0.15, 0.2) is 30.3 Å². The van der Waals surface area contributed by atoms with Crippen LogP contribution in [0.3, 0.4) is 0 Å². The Morgan fingerprint density at radius 2 is 1.35 bits per heavy atom. The summed E-state index contributed by atoms with van der Waals surface area (Å²) < 4.78 is 6.34. The summed E-state index contributed by atoms with van der Waals surface area (Å²) in [6.45, 7) is 0. The number of carboxylic acid groups (broad SMARTS) is 1. The van der Waals surface area contributed by atoms with Crippen molar-refractivity contribution in [1.29, 1.82) is 0 Å². The average molecular weight is 316 g/mol. The molecule has 0 atom stereocenters. The number of benzene rings is 1. The van der Waals surface area contributed by atoms with Gasteiger partial charge in [-0.3, -0.25) is 0 Å². The third kappa shape index (κ3) is 3.39. The van der Waals surface area contributed by atoms with E-state index >= 15 is 0 Å². The first-order valence-corrected chi connectivity index (χ1v) is 9.21. The fraction of sp³-hybridized carbons (Fsp3) is 0.650. The van der Waals surface area contributed by atoms with Gasteiger partial charge in [-0.05, 0) is 37.8 Å². The SMILES string of the molecule is O=C(O)C(Oc1ccccc1)(C1CCCCC1)C1CCCCC1. The zero-order valence-corrected chi connectivity index (χ0v) is 13.9. The molecule has 0 amide bonds. The largest absolute Gasteiger partial charge is 0.478 e. The highest BCUT2D eigenvalue weighted by Gasteiger charge is 2.54. The van der Waals surface area contributed by atoms with Crippen LogP contribution in [-0.4, -0.2) is 16.7 Å². The van der Waals surface area contributed by atoms with Gasteiger partial charge in [0.15, 0.2) is 0 Å². The Bertz CT molecular complexity index is 481. The summed E-state index contributed by atoms with van der Waals surface area (Å²) in [6, 6.07) is 9.57. The Balaban J connectivity index is 1.95. The second-order valence-electron chi connectivity index (χ2n) is 7.18. The van der Waals surface area contributed by atoms with Gasteiger partial charge in [0.2, 0.25) is 5.60 Å². The summed E-state index contributed by atoms with van der Waals surface area (Å²) in [5.41, 5.74) is -1.04. The number of carboxylic acids is 1. The molecule has 1 aromatic rings. The molecule has 3 nitrogen and oxygen atoms in total. The third-order valence-electron chi connectivity index (χ3n) is 5.79. The molecule has 0 aliphatic heterocycles. The van der Waals surface area contributed by atoms with Crippen LogP contribution >= 0.6 is 0 Å². The molecule has 2 saturated carbocycles. The first-order valence-electron chi connectivity index (χ1n) is 9.21. The van der Waals surface area contributed by atoms with Gasteiger partial charge in [0, 0.05) is 11.8 Å². The molecule has 2 aliphatic carbocycles. The van der Waals surface area contributed by atoms with Crippen molar-refractivity contribution >= 4 is 5.97 Å². The van der Waals surface area contributed by atoms with E-state index in [-0.39, 0.29) is 11.8 Å². The van der Waals surface area contributed by atoms with E-state index < -0.39 is 11.6 Å². The van der Waals surface area contributed by atoms with Gasteiger partial charge in [0.25, 0.3) is 0 Å². The Labute approximate surface area is 139 Å². The van der Waals surface area contributed by atoms with E-state index in [0.29, 0.717) is 5.75 Å². The van der Waals surface area contributed by atoms with Gasteiger partial charge in [-0.25, -0.2) is 4.79 Å². The van der Waals surface area contributed by atoms with Gasteiger partial charge in [0.1, 0.15) is 5.75 Å². The maximum atomic E-state index is 12.5. The molecule has 126 valence electrons.